The van der Waals surface area contributed by atoms with E-state index in [-0.39, 0.29) is 6.10 Å². The van der Waals surface area contributed by atoms with E-state index >= 15 is 0 Å². The Labute approximate surface area is 84.3 Å². The fraction of sp³-hybridized carbons (Fsp3) is 1.00. The van der Waals surface area contributed by atoms with E-state index in [1.807, 2.05) is 0 Å². The first-order valence-corrected chi connectivity index (χ1v) is 5.47. The van der Waals surface area contributed by atoms with Crippen molar-refractivity contribution >= 4 is 0 Å². The predicted octanol–water partition coefficient (Wildman–Crippen LogP) is 3.04. The highest BCUT2D eigenvalue weighted by atomic mass is 16.5. The molecule has 1 saturated carbocycles. The standard InChI is InChI=1S/C10H17N3O/c11-13-12-7-9-6-10(8-14-9)4-2-1-3-5-10/h9H,1-8H2/t9-/m0/s1. The average molecular weight is 195 g/mol. The van der Waals surface area contributed by atoms with Gasteiger partial charge in [-0.2, -0.15) is 0 Å². The van der Waals surface area contributed by atoms with Gasteiger partial charge in [0.1, 0.15) is 0 Å². The molecule has 1 atom stereocenters. The van der Waals surface area contributed by atoms with Crippen LogP contribution in [0.25, 0.3) is 10.4 Å². The smallest absolute Gasteiger partial charge is 0.0637 e. The zero-order valence-corrected chi connectivity index (χ0v) is 8.48. The molecule has 0 amide bonds. The molecule has 1 aliphatic carbocycles. The molecule has 0 aromatic heterocycles. The lowest BCUT2D eigenvalue weighted by molar-refractivity contribution is 0.0882. The third-order valence-electron chi connectivity index (χ3n) is 3.55. The highest BCUT2D eigenvalue weighted by Crippen LogP contribution is 2.44. The molecule has 0 radical (unpaired) electrons. The zero-order valence-electron chi connectivity index (χ0n) is 8.48. The lowest BCUT2D eigenvalue weighted by Crippen LogP contribution is -2.24. The summed E-state index contributed by atoms with van der Waals surface area (Å²) in [6, 6.07) is 0. The maximum Gasteiger partial charge on any atom is 0.0637 e. The molecule has 1 heterocycles. The molecule has 2 fully saturated rings. The van der Waals surface area contributed by atoms with Crippen LogP contribution in [0.4, 0.5) is 0 Å². The van der Waals surface area contributed by atoms with E-state index in [4.69, 9.17) is 10.3 Å². The molecule has 0 N–H and O–H groups in total. The van der Waals surface area contributed by atoms with Crippen molar-refractivity contribution in [3.63, 3.8) is 0 Å². The zero-order chi connectivity index (χ0) is 9.86. The number of rotatable bonds is 2. The second kappa shape index (κ2) is 4.20. The van der Waals surface area contributed by atoms with Crippen LogP contribution in [0.3, 0.4) is 0 Å². The van der Waals surface area contributed by atoms with Gasteiger partial charge in [-0.3, -0.25) is 0 Å². The Bertz CT molecular complexity index is 242. The third-order valence-corrected chi connectivity index (χ3v) is 3.55. The summed E-state index contributed by atoms with van der Waals surface area (Å²) >= 11 is 0. The molecule has 1 saturated heterocycles. The third kappa shape index (κ3) is 2.02. The van der Waals surface area contributed by atoms with Crippen molar-refractivity contribution in [1.82, 2.24) is 0 Å². The van der Waals surface area contributed by atoms with Crippen LogP contribution in [-0.4, -0.2) is 19.3 Å². The Morgan fingerprint density at radius 1 is 1.36 bits per heavy atom. The first-order valence-electron chi connectivity index (χ1n) is 5.47. The van der Waals surface area contributed by atoms with Crippen LogP contribution in [0.5, 0.6) is 0 Å². The fourth-order valence-corrected chi connectivity index (χ4v) is 2.79. The second-order valence-corrected chi connectivity index (χ2v) is 4.61. The van der Waals surface area contributed by atoms with Crippen molar-refractivity contribution in [2.45, 2.75) is 44.6 Å². The van der Waals surface area contributed by atoms with E-state index in [1.54, 1.807) is 0 Å². The van der Waals surface area contributed by atoms with Gasteiger partial charge in [0.25, 0.3) is 0 Å². The number of nitrogens with zero attached hydrogens (tertiary/aromatic N) is 3. The van der Waals surface area contributed by atoms with Crippen molar-refractivity contribution in [2.24, 2.45) is 10.5 Å². The van der Waals surface area contributed by atoms with Crippen LogP contribution < -0.4 is 0 Å². The molecule has 0 aromatic carbocycles. The Morgan fingerprint density at radius 2 is 2.14 bits per heavy atom. The number of azide groups is 1. The number of hydrogen-bond acceptors (Lipinski definition) is 2. The normalized spacial score (nSPS) is 30.1. The van der Waals surface area contributed by atoms with Gasteiger partial charge in [0.2, 0.25) is 0 Å². The largest absolute Gasteiger partial charge is 0.377 e. The van der Waals surface area contributed by atoms with Crippen LogP contribution in [0, 0.1) is 5.41 Å². The molecular weight excluding hydrogens is 178 g/mol. The van der Waals surface area contributed by atoms with Crippen molar-refractivity contribution in [3.8, 4) is 0 Å². The van der Waals surface area contributed by atoms with Gasteiger partial charge in [0.15, 0.2) is 0 Å². The maximum absolute atomic E-state index is 8.23. The van der Waals surface area contributed by atoms with Gasteiger partial charge in [-0.15, -0.1) is 0 Å². The van der Waals surface area contributed by atoms with E-state index in [0.717, 1.165) is 13.0 Å². The first kappa shape index (κ1) is 9.81. The lowest BCUT2D eigenvalue weighted by atomic mass is 9.73. The summed E-state index contributed by atoms with van der Waals surface area (Å²) < 4.78 is 5.68. The van der Waals surface area contributed by atoms with E-state index in [9.17, 15) is 0 Å². The summed E-state index contributed by atoms with van der Waals surface area (Å²) in [5, 5.41) is 3.59. The van der Waals surface area contributed by atoms with Gasteiger partial charge in [0, 0.05) is 4.91 Å². The van der Waals surface area contributed by atoms with Crippen molar-refractivity contribution in [3.05, 3.63) is 10.4 Å². The van der Waals surface area contributed by atoms with E-state index < -0.39 is 0 Å². The topological polar surface area (TPSA) is 58.0 Å². The minimum absolute atomic E-state index is 0.184. The summed E-state index contributed by atoms with van der Waals surface area (Å²) in [5.74, 6) is 0. The van der Waals surface area contributed by atoms with Gasteiger partial charge < -0.3 is 4.74 Å². The monoisotopic (exact) mass is 195 g/mol. The number of ether oxygens (including phenoxy) is 1. The summed E-state index contributed by atoms with van der Waals surface area (Å²) in [5.41, 5.74) is 8.67. The maximum atomic E-state index is 8.23. The Balaban J connectivity index is 1.88. The molecule has 0 bridgehead atoms. The van der Waals surface area contributed by atoms with Gasteiger partial charge in [-0.1, -0.05) is 24.4 Å². The molecule has 4 nitrogen and oxygen atoms in total. The predicted molar refractivity (Wildman–Crippen MR) is 53.9 cm³/mol. The van der Waals surface area contributed by atoms with Crippen molar-refractivity contribution in [2.75, 3.05) is 13.2 Å². The Hall–Kier alpha value is -0.730. The molecule has 1 aliphatic heterocycles. The molecule has 78 valence electrons. The molecule has 14 heavy (non-hydrogen) atoms. The molecule has 1 spiro atoms. The minimum atomic E-state index is 0.184. The SMILES string of the molecule is [N-]=[N+]=NC[C@@H]1CC2(CCCCC2)CO1. The van der Waals surface area contributed by atoms with E-state index in [0.29, 0.717) is 12.0 Å². The lowest BCUT2D eigenvalue weighted by Gasteiger charge is -2.31. The molecular formula is C10H17N3O. The second-order valence-electron chi connectivity index (χ2n) is 4.61. The van der Waals surface area contributed by atoms with Crippen molar-refractivity contribution < 1.29 is 4.74 Å². The molecule has 4 heteroatoms. The van der Waals surface area contributed by atoms with Crippen LogP contribution in [0.15, 0.2) is 5.11 Å². The quantitative estimate of drug-likeness (QED) is 0.379. The van der Waals surface area contributed by atoms with Crippen LogP contribution in [0.2, 0.25) is 0 Å². The Kier molecular flexibility index (Phi) is 2.94. The van der Waals surface area contributed by atoms with Gasteiger partial charge in [-0.25, -0.2) is 0 Å². The fourth-order valence-electron chi connectivity index (χ4n) is 2.79. The minimum Gasteiger partial charge on any atom is -0.377 e. The van der Waals surface area contributed by atoms with Gasteiger partial charge >= 0.3 is 0 Å². The molecule has 0 unspecified atom stereocenters. The van der Waals surface area contributed by atoms with Crippen LogP contribution in [0.1, 0.15) is 38.5 Å². The highest BCUT2D eigenvalue weighted by molar-refractivity contribution is 4.90. The molecule has 2 aliphatic rings. The number of hydrogen-bond donors (Lipinski definition) is 0. The van der Waals surface area contributed by atoms with Gasteiger partial charge in [-0.05, 0) is 30.2 Å². The van der Waals surface area contributed by atoms with Crippen LogP contribution >= 0.6 is 0 Å². The van der Waals surface area contributed by atoms with E-state index in [2.05, 4.69) is 10.0 Å². The summed E-state index contributed by atoms with van der Waals surface area (Å²) in [7, 11) is 0. The summed E-state index contributed by atoms with van der Waals surface area (Å²) in [6.45, 7) is 1.40. The highest BCUT2D eigenvalue weighted by Gasteiger charge is 2.40. The van der Waals surface area contributed by atoms with Gasteiger partial charge in [0.05, 0.1) is 19.3 Å². The van der Waals surface area contributed by atoms with Crippen LogP contribution in [-0.2, 0) is 4.74 Å². The van der Waals surface area contributed by atoms with Crippen molar-refractivity contribution in [1.29, 1.82) is 0 Å². The summed E-state index contributed by atoms with van der Waals surface area (Å²) in [4.78, 5) is 2.78. The first-order chi connectivity index (χ1) is 6.85. The molecule has 0 aromatic rings. The van der Waals surface area contributed by atoms with E-state index in [1.165, 1.54) is 32.1 Å². The Morgan fingerprint density at radius 3 is 2.86 bits per heavy atom. The summed E-state index contributed by atoms with van der Waals surface area (Å²) in [6.07, 6.45) is 7.97. The average Bonchev–Trinajstić information content (AvgIpc) is 2.60. The molecule has 2 rings (SSSR count).